The smallest absolute Gasteiger partial charge is 0.321 e. The molecule has 39 heavy (non-hydrogen) atoms. The summed E-state index contributed by atoms with van der Waals surface area (Å²) in [6.07, 6.45) is 8.11. The Labute approximate surface area is 234 Å². The normalized spacial score (nSPS) is 28.0. The summed E-state index contributed by atoms with van der Waals surface area (Å²) in [7, 11) is 0. The first-order chi connectivity index (χ1) is 19.1. The van der Waals surface area contributed by atoms with Crippen LogP contribution in [-0.4, -0.2) is 59.1 Å². The summed E-state index contributed by atoms with van der Waals surface area (Å²) in [5, 5.41) is 13.0. The van der Waals surface area contributed by atoms with Crippen LogP contribution in [0, 0.1) is 11.8 Å². The second kappa shape index (κ2) is 11.8. The third kappa shape index (κ3) is 5.78. The van der Waals surface area contributed by atoms with E-state index in [1.807, 2.05) is 0 Å². The van der Waals surface area contributed by atoms with Crippen molar-refractivity contribution in [1.82, 2.24) is 9.80 Å². The second-order valence-corrected chi connectivity index (χ2v) is 12.6. The van der Waals surface area contributed by atoms with Crippen LogP contribution >= 0.6 is 0 Å². The van der Waals surface area contributed by atoms with Crippen molar-refractivity contribution in [3.8, 4) is 0 Å². The van der Waals surface area contributed by atoms with Crippen LogP contribution in [0.3, 0.4) is 0 Å². The third-order valence-corrected chi connectivity index (χ3v) is 10.2. The Bertz CT molecular complexity index is 1250. The number of fused-ring (bicyclic) bond motifs is 1. The predicted molar refractivity (Wildman–Crippen MR) is 159 cm³/mol. The molecule has 3 aromatic rings. The Morgan fingerprint density at radius 3 is 2.36 bits per heavy atom. The number of likely N-dealkylation sites (tertiary alicyclic amines) is 2. The first-order valence-corrected chi connectivity index (χ1v) is 15.3. The molecule has 1 aliphatic carbocycles. The molecule has 3 aromatic carbocycles. The van der Waals surface area contributed by atoms with Gasteiger partial charge in [-0.2, -0.15) is 0 Å². The fourth-order valence-electron chi connectivity index (χ4n) is 8.06. The number of carboxylic acids is 1. The van der Waals surface area contributed by atoms with Gasteiger partial charge in [-0.3, -0.25) is 9.69 Å². The molecule has 4 nitrogen and oxygen atoms in total. The van der Waals surface area contributed by atoms with Crippen LogP contribution in [0.25, 0.3) is 10.8 Å². The van der Waals surface area contributed by atoms with Crippen molar-refractivity contribution in [2.24, 2.45) is 11.8 Å². The lowest BCUT2D eigenvalue weighted by atomic mass is 9.83. The SMILES string of the molecule is CC1CC(c2ccc3ccccc3c2)CCN1C[C@H]1CN([C@@H](C(=O)O)C2CCCCC2)C[C@@H]1c1ccccc1. The molecule has 1 saturated carbocycles. The van der Waals surface area contributed by atoms with E-state index < -0.39 is 5.97 Å². The van der Waals surface area contributed by atoms with Crippen molar-refractivity contribution in [2.75, 3.05) is 26.2 Å². The summed E-state index contributed by atoms with van der Waals surface area (Å²) in [4.78, 5) is 17.6. The number of carbonyl (C=O) groups is 1. The summed E-state index contributed by atoms with van der Waals surface area (Å²) in [5.41, 5.74) is 2.85. The molecule has 5 atom stereocenters. The maximum atomic E-state index is 12.6. The van der Waals surface area contributed by atoms with Crippen LogP contribution in [0.5, 0.6) is 0 Å². The van der Waals surface area contributed by atoms with Crippen molar-refractivity contribution in [1.29, 1.82) is 0 Å². The lowest BCUT2D eigenvalue weighted by Gasteiger charge is -2.40. The lowest BCUT2D eigenvalue weighted by Crippen LogP contribution is -2.47. The molecule has 6 rings (SSSR count). The first kappa shape index (κ1) is 26.5. The molecular weight excluding hydrogens is 480 g/mol. The number of carboxylic acid groups (broad SMARTS) is 1. The van der Waals surface area contributed by atoms with Crippen LogP contribution in [0.4, 0.5) is 0 Å². The molecule has 0 radical (unpaired) electrons. The van der Waals surface area contributed by atoms with E-state index in [0.29, 0.717) is 29.7 Å². The van der Waals surface area contributed by atoms with Gasteiger partial charge >= 0.3 is 5.97 Å². The number of aliphatic carboxylic acids is 1. The van der Waals surface area contributed by atoms with E-state index in [2.05, 4.69) is 89.5 Å². The summed E-state index contributed by atoms with van der Waals surface area (Å²) in [6, 6.07) is 26.8. The zero-order valence-electron chi connectivity index (χ0n) is 23.4. The first-order valence-electron chi connectivity index (χ1n) is 15.3. The van der Waals surface area contributed by atoms with E-state index in [0.717, 1.165) is 39.0 Å². The molecule has 206 valence electrons. The van der Waals surface area contributed by atoms with Crippen LogP contribution in [0.1, 0.15) is 74.8 Å². The Morgan fingerprint density at radius 2 is 1.62 bits per heavy atom. The van der Waals surface area contributed by atoms with Gasteiger partial charge in [-0.25, -0.2) is 0 Å². The van der Waals surface area contributed by atoms with Crippen LogP contribution in [0.15, 0.2) is 72.8 Å². The Balaban J connectivity index is 1.17. The summed E-state index contributed by atoms with van der Waals surface area (Å²) in [6.45, 7) is 6.33. The minimum Gasteiger partial charge on any atom is -0.480 e. The van der Waals surface area contributed by atoms with Crippen molar-refractivity contribution >= 4 is 16.7 Å². The standard InChI is InChI=1S/C35H44N2O2/c1-25-20-31(30-17-16-26-10-8-9-15-29(26)21-30)18-19-36(25)22-32-23-37(24-33(32)27-11-4-2-5-12-27)34(35(38)39)28-13-6-3-7-14-28/h2,4-5,8-12,15-17,21,25,28,31-34H,3,6-7,13-14,18-20,22-24H2,1H3,(H,38,39)/t25?,31?,32-,33+,34+/m0/s1. The quantitative estimate of drug-likeness (QED) is 0.356. The highest BCUT2D eigenvalue weighted by Gasteiger charge is 2.43. The number of hydrogen-bond donors (Lipinski definition) is 1. The molecule has 3 fully saturated rings. The van der Waals surface area contributed by atoms with E-state index in [1.165, 1.54) is 54.0 Å². The maximum absolute atomic E-state index is 12.6. The molecule has 0 bridgehead atoms. The monoisotopic (exact) mass is 524 g/mol. The summed E-state index contributed by atoms with van der Waals surface area (Å²) < 4.78 is 0. The molecule has 0 aromatic heterocycles. The number of hydrogen-bond acceptors (Lipinski definition) is 3. The minimum absolute atomic E-state index is 0.294. The van der Waals surface area contributed by atoms with Crippen LogP contribution in [0.2, 0.25) is 0 Å². The van der Waals surface area contributed by atoms with E-state index in [9.17, 15) is 9.90 Å². The lowest BCUT2D eigenvalue weighted by molar-refractivity contribution is -0.145. The zero-order chi connectivity index (χ0) is 26.8. The highest BCUT2D eigenvalue weighted by atomic mass is 16.4. The zero-order valence-corrected chi connectivity index (χ0v) is 23.4. The molecule has 1 N–H and O–H groups in total. The van der Waals surface area contributed by atoms with E-state index in [1.54, 1.807) is 0 Å². The predicted octanol–water partition coefficient (Wildman–Crippen LogP) is 7.16. The van der Waals surface area contributed by atoms with Gasteiger partial charge in [0.2, 0.25) is 0 Å². The van der Waals surface area contributed by atoms with Gasteiger partial charge in [0, 0.05) is 31.6 Å². The molecule has 2 heterocycles. The van der Waals surface area contributed by atoms with E-state index in [4.69, 9.17) is 0 Å². The molecule has 2 saturated heterocycles. The highest BCUT2D eigenvalue weighted by molar-refractivity contribution is 5.83. The largest absolute Gasteiger partial charge is 0.480 e. The molecule has 4 heteroatoms. The van der Waals surface area contributed by atoms with Crippen LogP contribution < -0.4 is 0 Å². The van der Waals surface area contributed by atoms with E-state index in [-0.39, 0.29) is 6.04 Å². The Kier molecular flexibility index (Phi) is 8.04. The maximum Gasteiger partial charge on any atom is 0.321 e. The van der Waals surface area contributed by atoms with Crippen molar-refractivity contribution in [3.63, 3.8) is 0 Å². The van der Waals surface area contributed by atoms with Crippen molar-refractivity contribution in [3.05, 3.63) is 83.9 Å². The highest BCUT2D eigenvalue weighted by Crippen LogP contribution is 2.40. The molecule has 0 spiro atoms. The van der Waals surface area contributed by atoms with Gasteiger partial charge in [0.05, 0.1) is 0 Å². The van der Waals surface area contributed by atoms with Gasteiger partial charge in [-0.05, 0) is 78.8 Å². The molecule has 3 aliphatic rings. The Morgan fingerprint density at radius 1 is 0.872 bits per heavy atom. The van der Waals surface area contributed by atoms with Gasteiger partial charge in [-0.15, -0.1) is 0 Å². The number of piperidine rings is 1. The van der Waals surface area contributed by atoms with Crippen molar-refractivity contribution in [2.45, 2.75) is 75.8 Å². The number of nitrogens with zero attached hydrogens (tertiary/aromatic N) is 2. The van der Waals surface area contributed by atoms with Gasteiger partial charge in [-0.1, -0.05) is 92.1 Å². The minimum atomic E-state index is -0.612. The average molecular weight is 525 g/mol. The molecular formula is C35H44N2O2. The van der Waals surface area contributed by atoms with E-state index >= 15 is 0 Å². The third-order valence-electron chi connectivity index (χ3n) is 10.2. The number of rotatable bonds is 7. The summed E-state index contributed by atoms with van der Waals surface area (Å²) in [5.74, 6) is 1.13. The fourth-order valence-corrected chi connectivity index (χ4v) is 8.06. The van der Waals surface area contributed by atoms with Gasteiger partial charge in [0.25, 0.3) is 0 Å². The molecule has 0 amide bonds. The summed E-state index contributed by atoms with van der Waals surface area (Å²) >= 11 is 0. The average Bonchev–Trinajstić information content (AvgIpc) is 3.37. The Hall–Kier alpha value is -2.69. The fraction of sp³-hybridized carbons (Fsp3) is 0.514. The van der Waals surface area contributed by atoms with Gasteiger partial charge in [0.15, 0.2) is 0 Å². The molecule has 2 aliphatic heterocycles. The topological polar surface area (TPSA) is 43.8 Å². The van der Waals surface area contributed by atoms with Gasteiger partial charge < -0.3 is 10.0 Å². The van der Waals surface area contributed by atoms with Crippen LogP contribution in [-0.2, 0) is 4.79 Å². The second-order valence-electron chi connectivity index (χ2n) is 12.6. The number of benzene rings is 3. The molecule has 2 unspecified atom stereocenters. The van der Waals surface area contributed by atoms with Crippen molar-refractivity contribution < 1.29 is 9.90 Å². The van der Waals surface area contributed by atoms with Gasteiger partial charge in [0.1, 0.15) is 6.04 Å².